The number of hydrogen-bond acceptors (Lipinski definition) is 4. The fourth-order valence-electron chi connectivity index (χ4n) is 3.09. The Hall–Kier alpha value is -3.20. The van der Waals surface area contributed by atoms with Gasteiger partial charge in [-0.25, -0.2) is 13.6 Å². The number of aliphatic hydroxyl groups excluding tert-OH is 1. The summed E-state index contributed by atoms with van der Waals surface area (Å²) < 4.78 is 33.6. The quantitative estimate of drug-likeness (QED) is 0.625. The Morgan fingerprint density at radius 1 is 1.25 bits per heavy atom. The van der Waals surface area contributed by atoms with Gasteiger partial charge < -0.3 is 25.8 Å². The number of urea groups is 1. The van der Waals surface area contributed by atoms with Gasteiger partial charge in [0, 0.05) is 35.8 Å². The summed E-state index contributed by atoms with van der Waals surface area (Å²) in [4.78, 5) is 24.4. The molecule has 0 radical (unpaired) electrons. The van der Waals surface area contributed by atoms with Gasteiger partial charge in [0.15, 0.2) is 0 Å². The molecule has 0 unspecified atom stereocenters. The van der Waals surface area contributed by atoms with Crippen molar-refractivity contribution in [3.8, 4) is 5.75 Å². The second kappa shape index (κ2) is 8.22. The lowest BCUT2D eigenvalue weighted by molar-refractivity contribution is -0.120. The van der Waals surface area contributed by atoms with Crippen LogP contribution in [0.3, 0.4) is 0 Å². The average molecular weight is 391 g/mol. The third-order valence-electron chi connectivity index (χ3n) is 4.52. The number of carbonyl (C=O) groups excluding carboxylic acids is 2. The molecule has 0 aliphatic carbocycles. The summed E-state index contributed by atoms with van der Waals surface area (Å²) in [7, 11) is 1.29. The number of ether oxygens (including phenoxy) is 1. The van der Waals surface area contributed by atoms with Crippen molar-refractivity contribution >= 4 is 17.6 Å². The van der Waals surface area contributed by atoms with Gasteiger partial charge in [-0.15, -0.1) is 0 Å². The molecule has 4 N–H and O–H groups in total. The highest BCUT2D eigenvalue weighted by Gasteiger charge is 2.40. The molecule has 9 heteroatoms. The summed E-state index contributed by atoms with van der Waals surface area (Å²) in [5.74, 6) is -3.15. The van der Waals surface area contributed by atoms with Gasteiger partial charge in [-0.05, 0) is 17.7 Å². The predicted octanol–water partition coefficient (Wildman–Crippen LogP) is 1.87. The maximum Gasteiger partial charge on any atom is 0.319 e. The van der Waals surface area contributed by atoms with E-state index in [-0.39, 0.29) is 24.5 Å². The first kappa shape index (κ1) is 19.6. The molecule has 3 amide bonds. The first-order valence-corrected chi connectivity index (χ1v) is 8.51. The zero-order chi connectivity index (χ0) is 20.3. The number of nitrogens with one attached hydrogen (secondary N) is 3. The summed E-state index contributed by atoms with van der Waals surface area (Å²) in [5, 5.41) is 16.5. The SMILES string of the molecule is COc1cc(F)c([C@@H]2CNC(=O)[C@H]2NC(=O)Nc2ccc(CO)cc2)c(F)c1. The Labute approximate surface area is 159 Å². The summed E-state index contributed by atoms with van der Waals surface area (Å²) in [6, 6.07) is 6.64. The van der Waals surface area contributed by atoms with Crippen molar-refractivity contribution in [3.05, 3.63) is 59.2 Å². The normalized spacial score (nSPS) is 18.5. The molecule has 1 saturated heterocycles. The van der Waals surface area contributed by atoms with E-state index in [2.05, 4.69) is 16.0 Å². The summed E-state index contributed by atoms with van der Waals surface area (Å²) in [5.41, 5.74) is 0.815. The molecular weight excluding hydrogens is 372 g/mol. The second-order valence-electron chi connectivity index (χ2n) is 6.29. The van der Waals surface area contributed by atoms with E-state index in [0.29, 0.717) is 11.3 Å². The molecule has 0 saturated carbocycles. The van der Waals surface area contributed by atoms with Gasteiger partial charge in [-0.1, -0.05) is 12.1 Å². The Balaban J connectivity index is 1.76. The molecule has 0 aromatic heterocycles. The minimum absolute atomic E-state index is 0.0182. The lowest BCUT2D eigenvalue weighted by atomic mass is 9.93. The number of anilines is 1. The van der Waals surface area contributed by atoms with E-state index in [0.717, 1.165) is 12.1 Å². The highest BCUT2D eigenvalue weighted by atomic mass is 19.1. The van der Waals surface area contributed by atoms with E-state index >= 15 is 0 Å². The molecule has 0 spiro atoms. The maximum atomic E-state index is 14.4. The number of methoxy groups -OCH3 is 1. The van der Waals surface area contributed by atoms with Crippen LogP contribution < -0.4 is 20.7 Å². The number of rotatable bonds is 5. The van der Waals surface area contributed by atoms with Gasteiger partial charge in [-0.3, -0.25) is 4.79 Å². The molecule has 1 fully saturated rings. The summed E-state index contributed by atoms with van der Waals surface area (Å²) >= 11 is 0. The van der Waals surface area contributed by atoms with E-state index in [1.54, 1.807) is 24.3 Å². The van der Waals surface area contributed by atoms with E-state index in [4.69, 9.17) is 9.84 Å². The third-order valence-corrected chi connectivity index (χ3v) is 4.52. The van der Waals surface area contributed by atoms with Crippen molar-refractivity contribution in [1.82, 2.24) is 10.6 Å². The molecule has 1 aliphatic rings. The molecule has 7 nitrogen and oxygen atoms in total. The Morgan fingerprint density at radius 3 is 2.46 bits per heavy atom. The Bertz CT molecular complexity index is 866. The molecule has 28 heavy (non-hydrogen) atoms. The molecular formula is C19H19F2N3O4. The number of halogens is 2. The third kappa shape index (κ3) is 4.04. The Morgan fingerprint density at radius 2 is 1.89 bits per heavy atom. The average Bonchev–Trinajstić information content (AvgIpc) is 3.02. The van der Waals surface area contributed by atoms with Gasteiger partial charge in [0.25, 0.3) is 0 Å². The van der Waals surface area contributed by atoms with Crippen molar-refractivity contribution in [2.45, 2.75) is 18.6 Å². The van der Waals surface area contributed by atoms with Crippen molar-refractivity contribution in [2.75, 3.05) is 19.0 Å². The van der Waals surface area contributed by atoms with Gasteiger partial charge in [0.1, 0.15) is 23.4 Å². The van der Waals surface area contributed by atoms with Gasteiger partial charge in [-0.2, -0.15) is 0 Å². The molecule has 2 atom stereocenters. The first-order chi connectivity index (χ1) is 13.4. The highest BCUT2D eigenvalue weighted by molar-refractivity contribution is 5.95. The maximum absolute atomic E-state index is 14.4. The Kier molecular flexibility index (Phi) is 5.74. The van der Waals surface area contributed by atoms with E-state index in [1.807, 2.05) is 0 Å². The van der Waals surface area contributed by atoms with Crippen LogP contribution in [-0.2, 0) is 11.4 Å². The molecule has 2 aromatic rings. The van der Waals surface area contributed by atoms with Crippen LogP contribution in [0.1, 0.15) is 17.0 Å². The zero-order valence-electron chi connectivity index (χ0n) is 15.0. The van der Waals surface area contributed by atoms with Gasteiger partial charge >= 0.3 is 6.03 Å². The molecule has 3 rings (SSSR count). The van der Waals surface area contributed by atoms with Crippen LogP contribution in [0.4, 0.5) is 19.3 Å². The standard InChI is InChI=1S/C19H19F2N3O4/c1-28-12-6-14(20)16(15(21)7-12)13-8-22-18(26)17(13)24-19(27)23-11-4-2-10(9-25)3-5-11/h2-7,13,17,25H,8-9H2,1H3,(H,22,26)(H2,23,24,27)/t13-,17-/m0/s1. The molecule has 0 bridgehead atoms. The summed E-state index contributed by atoms with van der Waals surface area (Å²) in [6.45, 7) is -0.148. The van der Waals surface area contributed by atoms with Crippen LogP contribution >= 0.6 is 0 Å². The van der Waals surface area contributed by atoms with Gasteiger partial charge in [0.05, 0.1) is 13.7 Å². The largest absolute Gasteiger partial charge is 0.497 e. The van der Waals surface area contributed by atoms with Gasteiger partial charge in [0.2, 0.25) is 5.91 Å². The van der Waals surface area contributed by atoms with Crippen molar-refractivity contribution < 1.29 is 28.2 Å². The molecule has 2 aromatic carbocycles. The smallest absolute Gasteiger partial charge is 0.319 e. The number of benzene rings is 2. The van der Waals surface area contributed by atoms with Crippen LogP contribution in [0.2, 0.25) is 0 Å². The second-order valence-corrected chi connectivity index (χ2v) is 6.29. The predicted molar refractivity (Wildman–Crippen MR) is 97.0 cm³/mol. The topological polar surface area (TPSA) is 99.7 Å². The fourth-order valence-corrected chi connectivity index (χ4v) is 3.09. The van der Waals surface area contributed by atoms with E-state index in [1.165, 1.54) is 7.11 Å². The molecule has 1 aliphatic heterocycles. The summed E-state index contributed by atoms with van der Waals surface area (Å²) in [6.07, 6.45) is 0. The van der Waals surface area contributed by atoms with E-state index in [9.17, 15) is 18.4 Å². The number of amides is 3. The van der Waals surface area contributed by atoms with Crippen LogP contribution in [-0.4, -0.2) is 36.7 Å². The number of carbonyl (C=O) groups is 2. The van der Waals surface area contributed by atoms with Crippen LogP contribution in [0.25, 0.3) is 0 Å². The van der Waals surface area contributed by atoms with Crippen LogP contribution in [0.15, 0.2) is 36.4 Å². The number of aliphatic hydroxyl groups is 1. The fraction of sp³-hybridized carbons (Fsp3) is 0.263. The van der Waals surface area contributed by atoms with Crippen molar-refractivity contribution in [1.29, 1.82) is 0 Å². The van der Waals surface area contributed by atoms with Crippen molar-refractivity contribution in [2.24, 2.45) is 0 Å². The number of hydrogen-bond donors (Lipinski definition) is 4. The van der Waals surface area contributed by atoms with Crippen LogP contribution in [0.5, 0.6) is 5.75 Å². The van der Waals surface area contributed by atoms with Crippen molar-refractivity contribution in [3.63, 3.8) is 0 Å². The first-order valence-electron chi connectivity index (χ1n) is 8.51. The zero-order valence-corrected chi connectivity index (χ0v) is 15.0. The monoisotopic (exact) mass is 391 g/mol. The lowest BCUT2D eigenvalue weighted by Gasteiger charge is -2.20. The van der Waals surface area contributed by atoms with Crippen LogP contribution in [0, 0.1) is 11.6 Å². The highest BCUT2D eigenvalue weighted by Crippen LogP contribution is 2.31. The lowest BCUT2D eigenvalue weighted by Crippen LogP contribution is -2.45. The molecule has 1 heterocycles. The minimum Gasteiger partial charge on any atom is -0.497 e. The minimum atomic E-state index is -1.14. The molecule has 148 valence electrons. The van der Waals surface area contributed by atoms with E-state index < -0.39 is 35.5 Å².